The molecule has 1 saturated heterocycles. The van der Waals surface area contributed by atoms with E-state index in [4.69, 9.17) is 4.74 Å². The smallest absolute Gasteiger partial charge is 0.191 e. The van der Waals surface area contributed by atoms with E-state index in [1.54, 1.807) is 0 Å². The molecule has 2 rings (SSSR count). The van der Waals surface area contributed by atoms with Crippen LogP contribution in [0.15, 0.2) is 35.3 Å². The van der Waals surface area contributed by atoms with Gasteiger partial charge in [0.2, 0.25) is 0 Å². The standard InChI is InChI=1S/C21H36N4O/c1-3-22-21(23-14-8-18-26-20-9-6-5-7-10-20)24-15-11-19-12-16-25(4-2)17-13-19/h5-7,9-10,19H,3-4,8,11-18H2,1-2H3,(H2,22,23,24). The highest BCUT2D eigenvalue weighted by atomic mass is 16.5. The van der Waals surface area contributed by atoms with Crippen LogP contribution >= 0.6 is 0 Å². The predicted molar refractivity (Wildman–Crippen MR) is 110 cm³/mol. The number of aliphatic imine (C=N–C) groups is 1. The highest BCUT2D eigenvalue weighted by Crippen LogP contribution is 2.19. The molecule has 1 heterocycles. The van der Waals surface area contributed by atoms with Gasteiger partial charge in [-0.1, -0.05) is 25.1 Å². The second-order valence-corrected chi connectivity index (χ2v) is 6.87. The van der Waals surface area contributed by atoms with Gasteiger partial charge in [0.05, 0.1) is 6.61 Å². The fraction of sp³-hybridized carbons (Fsp3) is 0.667. The molecule has 0 radical (unpaired) electrons. The number of hydrogen-bond acceptors (Lipinski definition) is 3. The molecule has 0 saturated carbocycles. The van der Waals surface area contributed by atoms with Gasteiger partial charge in [-0.3, -0.25) is 4.99 Å². The van der Waals surface area contributed by atoms with Crippen molar-refractivity contribution in [2.45, 2.75) is 39.5 Å². The Kier molecular flexibility index (Phi) is 9.95. The molecule has 1 aliphatic heterocycles. The molecule has 1 aromatic rings. The van der Waals surface area contributed by atoms with Gasteiger partial charge < -0.3 is 20.3 Å². The van der Waals surface area contributed by atoms with Crippen LogP contribution in [0.1, 0.15) is 39.5 Å². The van der Waals surface area contributed by atoms with E-state index >= 15 is 0 Å². The van der Waals surface area contributed by atoms with Crippen LogP contribution in [0.3, 0.4) is 0 Å². The molecule has 1 aromatic carbocycles. The number of nitrogens with one attached hydrogen (secondary N) is 2. The van der Waals surface area contributed by atoms with Crippen LogP contribution in [-0.4, -0.2) is 56.7 Å². The first-order valence-electron chi connectivity index (χ1n) is 10.2. The number of benzene rings is 1. The first kappa shape index (κ1) is 20.6. The van der Waals surface area contributed by atoms with Crippen LogP contribution in [0.25, 0.3) is 0 Å². The topological polar surface area (TPSA) is 48.9 Å². The highest BCUT2D eigenvalue weighted by Gasteiger charge is 2.17. The number of likely N-dealkylation sites (tertiary alicyclic amines) is 1. The fourth-order valence-electron chi connectivity index (χ4n) is 3.29. The summed E-state index contributed by atoms with van der Waals surface area (Å²) in [5.41, 5.74) is 0. The van der Waals surface area contributed by atoms with E-state index in [9.17, 15) is 0 Å². The molecule has 26 heavy (non-hydrogen) atoms. The average molecular weight is 361 g/mol. The maximum atomic E-state index is 5.71. The van der Waals surface area contributed by atoms with E-state index in [2.05, 4.69) is 34.4 Å². The molecule has 5 heteroatoms. The predicted octanol–water partition coefficient (Wildman–Crippen LogP) is 3.13. The van der Waals surface area contributed by atoms with Gasteiger partial charge in [0.25, 0.3) is 0 Å². The lowest BCUT2D eigenvalue weighted by Gasteiger charge is -2.31. The zero-order chi connectivity index (χ0) is 18.5. The summed E-state index contributed by atoms with van der Waals surface area (Å²) in [5, 5.41) is 6.82. The van der Waals surface area contributed by atoms with Crippen LogP contribution < -0.4 is 15.4 Å². The molecule has 0 atom stereocenters. The summed E-state index contributed by atoms with van der Waals surface area (Å²) in [4.78, 5) is 7.21. The number of guanidine groups is 1. The Morgan fingerprint density at radius 2 is 1.92 bits per heavy atom. The Bertz CT molecular complexity index is 498. The van der Waals surface area contributed by atoms with Crippen molar-refractivity contribution in [3.8, 4) is 5.75 Å². The molecule has 0 bridgehead atoms. The van der Waals surface area contributed by atoms with Gasteiger partial charge in [-0.05, 0) is 63.9 Å². The van der Waals surface area contributed by atoms with Crippen LogP contribution in [0.4, 0.5) is 0 Å². The molecule has 0 spiro atoms. The third-order valence-corrected chi connectivity index (χ3v) is 4.93. The monoisotopic (exact) mass is 360 g/mol. The van der Waals surface area contributed by atoms with E-state index < -0.39 is 0 Å². The van der Waals surface area contributed by atoms with Crippen LogP contribution in [0.2, 0.25) is 0 Å². The maximum absolute atomic E-state index is 5.71. The SMILES string of the molecule is CCNC(=NCCCOc1ccccc1)NCCC1CCN(CC)CC1. The molecule has 1 aliphatic rings. The minimum absolute atomic E-state index is 0.697. The normalized spacial score (nSPS) is 16.5. The Labute approximate surface area is 159 Å². The molecule has 0 amide bonds. The van der Waals surface area contributed by atoms with Crippen LogP contribution in [0, 0.1) is 5.92 Å². The number of hydrogen-bond donors (Lipinski definition) is 2. The fourth-order valence-corrected chi connectivity index (χ4v) is 3.29. The summed E-state index contributed by atoms with van der Waals surface area (Å²) in [6, 6.07) is 9.96. The van der Waals surface area contributed by atoms with Crippen molar-refractivity contribution in [2.75, 3.05) is 45.9 Å². The van der Waals surface area contributed by atoms with Crippen molar-refractivity contribution in [2.24, 2.45) is 10.9 Å². The highest BCUT2D eigenvalue weighted by molar-refractivity contribution is 5.79. The third kappa shape index (κ3) is 8.09. The van der Waals surface area contributed by atoms with Crippen molar-refractivity contribution in [1.82, 2.24) is 15.5 Å². The van der Waals surface area contributed by atoms with E-state index in [-0.39, 0.29) is 0 Å². The molecule has 146 valence electrons. The maximum Gasteiger partial charge on any atom is 0.191 e. The second kappa shape index (κ2) is 12.6. The molecule has 1 fully saturated rings. The number of rotatable bonds is 10. The van der Waals surface area contributed by atoms with Gasteiger partial charge in [0, 0.05) is 26.1 Å². The quantitative estimate of drug-likeness (QED) is 0.382. The second-order valence-electron chi connectivity index (χ2n) is 6.87. The molecule has 0 aromatic heterocycles. The van der Waals surface area contributed by atoms with Gasteiger partial charge >= 0.3 is 0 Å². The Balaban J connectivity index is 1.60. The van der Waals surface area contributed by atoms with Crippen molar-refractivity contribution < 1.29 is 4.74 Å². The Morgan fingerprint density at radius 3 is 2.62 bits per heavy atom. The van der Waals surface area contributed by atoms with E-state index in [0.29, 0.717) is 6.61 Å². The van der Waals surface area contributed by atoms with Crippen molar-refractivity contribution >= 4 is 5.96 Å². The molecule has 0 unspecified atom stereocenters. The van der Waals surface area contributed by atoms with E-state index in [0.717, 1.165) is 43.7 Å². The first-order valence-corrected chi connectivity index (χ1v) is 10.2. The third-order valence-electron chi connectivity index (χ3n) is 4.93. The van der Waals surface area contributed by atoms with E-state index in [1.807, 2.05) is 30.3 Å². The van der Waals surface area contributed by atoms with Crippen molar-refractivity contribution in [3.05, 3.63) is 30.3 Å². The minimum Gasteiger partial charge on any atom is -0.494 e. The summed E-state index contributed by atoms with van der Waals surface area (Å²) in [7, 11) is 0. The van der Waals surface area contributed by atoms with Gasteiger partial charge in [-0.25, -0.2) is 0 Å². The summed E-state index contributed by atoms with van der Waals surface area (Å²) in [6.07, 6.45) is 4.82. The van der Waals surface area contributed by atoms with E-state index in [1.165, 1.54) is 38.9 Å². The molecule has 2 N–H and O–H groups in total. The Morgan fingerprint density at radius 1 is 1.15 bits per heavy atom. The molecular weight excluding hydrogens is 324 g/mol. The van der Waals surface area contributed by atoms with Crippen molar-refractivity contribution in [1.29, 1.82) is 0 Å². The number of ether oxygens (including phenoxy) is 1. The largest absolute Gasteiger partial charge is 0.494 e. The zero-order valence-corrected chi connectivity index (χ0v) is 16.5. The molecule has 5 nitrogen and oxygen atoms in total. The average Bonchev–Trinajstić information content (AvgIpc) is 2.69. The lowest BCUT2D eigenvalue weighted by atomic mass is 9.93. The molecule has 0 aliphatic carbocycles. The van der Waals surface area contributed by atoms with Gasteiger partial charge in [0.15, 0.2) is 5.96 Å². The van der Waals surface area contributed by atoms with Crippen molar-refractivity contribution in [3.63, 3.8) is 0 Å². The summed E-state index contributed by atoms with van der Waals surface area (Å²) >= 11 is 0. The number of para-hydroxylation sites is 1. The lowest BCUT2D eigenvalue weighted by molar-refractivity contribution is 0.187. The molecular formula is C21H36N4O. The zero-order valence-electron chi connectivity index (χ0n) is 16.5. The van der Waals surface area contributed by atoms with Crippen LogP contribution in [0.5, 0.6) is 5.75 Å². The number of nitrogens with zero attached hydrogens (tertiary/aromatic N) is 2. The summed E-state index contributed by atoms with van der Waals surface area (Å²) in [6.45, 7) is 11.4. The number of piperidine rings is 1. The summed E-state index contributed by atoms with van der Waals surface area (Å²) in [5.74, 6) is 2.71. The van der Waals surface area contributed by atoms with Gasteiger partial charge in [0.1, 0.15) is 5.75 Å². The van der Waals surface area contributed by atoms with Gasteiger partial charge in [-0.15, -0.1) is 0 Å². The lowest BCUT2D eigenvalue weighted by Crippen LogP contribution is -2.39. The summed E-state index contributed by atoms with van der Waals surface area (Å²) < 4.78 is 5.71. The Hall–Kier alpha value is -1.75. The first-order chi connectivity index (χ1) is 12.8. The minimum atomic E-state index is 0.697. The van der Waals surface area contributed by atoms with Gasteiger partial charge in [-0.2, -0.15) is 0 Å². The van der Waals surface area contributed by atoms with Crippen LogP contribution in [-0.2, 0) is 0 Å².